The summed E-state index contributed by atoms with van der Waals surface area (Å²) in [5.74, 6) is -2.15. The molecule has 2 N–H and O–H groups in total. The molecule has 0 unspecified atom stereocenters. The fourth-order valence-corrected chi connectivity index (χ4v) is 5.43. The van der Waals surface area contributed by atoms with Crippen LogP contribution in [0.4, 0.5) is 24.1 Å². The summed E-state index contributed by atoms with van der Waals surface area (Å²) in [6.07, 6.45) is -1.31. The quantitative estimate of drug-likeness (QED) is 0.506. The van der Waals surface area contributed by atoms with Gasteiger partial charge in [0.2, 0.25) is 0 Å². The Balaban J connectivity index is 2.15. The molecule has 1 aliphatic carbocycles. The Morgan fingerprint density at radius 1 is 1.09 bits per heavy atom. The molecule has 0 bridgehead atoms. The van der Waals surface area contributed by atoms with Gasteiger partial charge in [-0.15, -0.1) is 0 Å². The lowest BCUT2D eigenvalue weighted by atomic mass is 9.77. The number of carbonyl (C=O) groups excluding carboxylic acids is 2. The second-order valence-corrected chi connectivity index (χ2v) is 12.0. The van der Waals surface area contributed by atoms with E-state index in [1.165, 1.54) is 17.8 Å². The molecule has 10 heteroatoms. The van der Waals surface area contributed by atoms with Crippen LogP contribution in [0.5, 0.6) is 0 Å². The van der Waals surface area contributed by atoms with Gasteiger partial charge in [0, 0.05) is 21.9 Å². The Labute approximate surface area is 197 Å². The first-order valence-electron chi connectivity index (χ1n) is 10.7. The molecule has 0 spiro atoms. The third-order valence-corrected chi connectivity index (χ3v) is 7.21. The van der Waals surface area contributed by atoms with Crippen molar-refractivity contribution in [3.63, 3.8) is 0 Å². The van der Waals surface area contributed by atoms with Gasteiger partial charge in [-0.3, -0.25) is 0 Å². The van der Waals surface area contributed by atoms with Crippen LogP contribution in [-0.2, 0) is 15.0 Å². The van der Waals surface area contributed by atoms with Gasteiger partial charge in [-0.1, -0.05) is 18.7 Å². The van der Waals surface area contributed by atoms with Crippen molar-refractivity contribution in [2.75, 3.05) is 5.73 Å². The van der Waals surface area contributed by atoms with Crippen LogP contribution >= 0.6 is 11.8 Å². The average molecular weight is 484 g/mol. The van der Waals surface area contributed by atoms with Crippen LogP contribution in [0.15, 0.2) is 17.1 Å². The number of rotatable bonds is 1. The number of halogens is 2. The van der Waals surface area contributed by atoms with E-state index < -0.39 is 46.0 Å². The van der Waals surface area contributed by atoms with Crippen molar-refractivity contribution in [3.8, 4) is 0 Å². The van der Waals surface area contributed by atoms with Crippen molar-refractivity contribution in [3.05, 3.63) is 29.3 Å². The van der Waals surface area contributed by atoms with Crippen LogP contribution in [0.1, 0.15) is 67.4 Å². The number of anilines is 1. The molecule has 1 heterocycles. The molecule has 2 amide bonds. The topological polar surface area (TPSA) is 94.2 Å². The van der Waals surface area contributed by atoms with Gasteiger partial charge >= 0.3 is 12.2 Å². The van der Waals surface area contributed by atoms with Crippen molar-refractivity contribution >= 4 is 34.8 Å². The number of nitrogens with two attached hydrogens (primary N) is 1. The lowest BCUT2D eigenvalue weighted by Gasteiger charge is -2.39. The molecular weight excluding hydrogens is 452 g/mol. The Morgan fingerprint density at radius 2 is 1.61 bits per heavy atom. The SMILES string of the molecule is CC(C)(C)OC(=O)N(C(=O)OC(C)(C)C)C1=N[C@@](C)(c2cc(N)cc(F)c2F)[C@]2(C)C[C@@H]2S1. The maximum atomic E-state index is 15.0. The molecule has 1 aromatic rings. The van der Waals surface area contributed by atoms with Crippen molar-refractivity contribution in [2.45, 2.75) is 83.8 Å². The zero-order valence-corrected chi connectivity index (χ0v) is 21.0. The average Bonchev–Trinajstić information content (AvgIpc) is 3.27. The standard InChI is InChI=1S/C23H31F2N3O4S/c1-20(2,3)31-18(29)28(19(30)32-21(4,5)6)17-27-23(8,22(7)11-15(22)33-17)13-9-12(26)10-14(24)16(13)25/h9-10,15H,11,26H2,1-8H3/t15-,22+,23-/m0/s1. The molecule has 1 aromatic carbocycles. The normalized spacial score (nSPS) is 26.7. The second kappa shape index (κ2) is 7.85. The van der Waals surface area contributed by atoms with E-state index in [1.807, 2.05) is 6.92 Å². The highest BCUT2D eigenvalue weighted by Gasteiger charge is 2.67. The number of nitrogens with zero attached hydrogens (tertiary/aromatic N) is 2. The summed E-state index contributed by atoms with van der Waals surface area (Å²) in [5.41, 5.74) is 2.22. The van der Waals surface area contributed by atoms with Gasteiger partial charge in [0.15, 0.2) is 16.8 Å². The molecule has 2 aliphatic rings. The lowest BCUT2D eigenvalue weighted by molar-refractivity contribution is 0.0150. The molecule has 3 rings (SSSR count). The minimum Gasteiger partial charge on any atom is -0.443 e. The number of carbonyl (C=O) groups is 2. The minimum atomic E-state index is -1.29. The van der Waals surface area contributed by atoms with E-state index in [9.17, 15) is 18.4 Å². The van der Waals surface area contributed by atoms with Crippen LogP contribution < -0.4 is 5.73 Å². The van der Waals surface area contributed by atoms with Crippen molar-refractivity contribution in [2.24, 2.45) is 10.4 Å². The van der Waals surface area contributed by atoms with Crippen LogP contribution in [0.2, 0.25) is 0 Å². The summed E-state index contributed by atoms with van der Waals surface area (Å²) in [6.45, 7) is 13.6. The number of thioether (sulfide) groups is 1. The number of ether oxygens (including phenoxy) is 2. The number of hydrogen-bond acceptors (Lipinski definition) is 7. The molecule has 1 saturated carbocycles. The highest BCUT2D eigenvalue weighted by atomic mass is 32.2. The molecule has 3 atom stereocenters. The zero-order valence-electron chi connectivity index (χ0n) is 20.2. The Kier molecular flexibility index (Phi) is 6.01. The smallest absolute Gasteiger partial charge is 0.426 e. The zero-order chi connectivity index (χ0) is 25.1. The van der Waals surface area contributed by atoms with Gasteiger partial charge in [-0.25, -0.2) is 23.4 Å². The fraction of sp³-hybridized carbons (Fsp3) is 0.609. The highest BCUT2D eigenvalue weighted by Crippen LogP contribution is 2.68. The molecule has 0 radical (unpaired) electrons. The van der Waals surface area contributed by atoms with E-state index in [0.717, 1.165) is 11.0 Å². The van der Waals surface area contributed by atoms with Gasteiger partial charge in [0.1, 0.15) is 11.2 Å². The van der Waals surface area contributed by atoms with E-state index in [2.05, 4.69) is 4.99 Å². The van der Waals surface area contributed by atoms with Crippen LogP contribution in [0.3, 0.4) is 0 Å². The molecule has 7 nitrogen and oxygen atoms in total. The Hall–Kier alpha value is -2.36. The number of nitrogen functional groups attached to an aromatic ring is 1. The number of fused-ring (bicyclic) bond motifs is 1. The predicted octanol–water partition coefficient (Wildman–Crippen LogP) is 5.82. The molecule has 0 aromatic heterocycles. The summed E-state index contributed by atoms with van der Waals surface area (Å²) < 4.78 is 40.1. The summed E-state index contributed by atoms with van der Waals surface area (Å²) in [5, 5.41) is -0.0885. The molecular formula is C23H31F2N3O4S. The van der Waals surface area contributed by atoms with Crippen molar-refractivity contribution in [1.29, 1.82) is 0 Å². The van der Waals surface area contributed by atoms with Gasteiger partial charge in [0.25, 0.3) is 0 Å². The molecule has 182 valence electrons. The largest absolute Gasteiger partial charge is 0.443 e. The van der Waals surface area contributed by atoms with E-state index in [1.54, 1.807) is 48.5 Å². The number of amides is 2. The van der Waals surface area contributed by atoms with E-state index in [-0.39, 0.29) is 21.7 Å². The maximum Gasteiger partial charge on any atom is 0.426 e. The Morgan fingerprint density at radius 3 is 2.09 bits per heavy atom. The fourth-order valence-electron chi connectivity index (χ4n) is 3.76. The minimum absolute atomic E-state index is 0.00297. The molecule has 0 saturated heterocycles. The first kappa shape index (κ1) is 25.3. The van der Waals surface area contributed by atoms with Gasteiger partial charge in [-0.05, 0) is 67.0 Å². The summed E-state index contributed by atoms with van der Waals surface area (Å²) in [7, 11) is 0. The maximum absolute atomic E-state index is 15.0. The third-order valence-electron chi connectivity index (χ3n) is 5.76. The number of amidine groups is 1. The van der Waals surface area contributed by atoms with Crippen LogP contribution in [0, 0.1) is 17.0 Å². The van der Waals surface area contributed by atoms with Gasteiger partial charge in [0.05, 0.1) is 5.54 Å². The van der Waals surface area contributed by atoms with Gasteiger partial charge < -0.3 is 15.2 Å². The predicted molar refractivity (Wildman–Crippen MR) is 124 cm³/mol. The number of benzene rings is 1. The van der Waals surface area contributed by atoms with Crippen molar-refractivity contribution < 1.29 is 27.8 Å². The summed E-state index contributed by atoms with van der Waals surface area (Å²) in [6, 6.07) is 2.26. The highest BCUT2D eigenvalue weighted by molar-refractivity contribution is 8.14. The van der Waals surface area contributed by atoms with Crippen LogP contribution in [-0.4, -0.2) is 38.7 Å². The Bertz CT molecular complexity index is 1010. The van der Waals surface area contributed by atoms with E-state index in [0.29, 0.717) is 6.42 Å². The molecule has 1 fully saturated rings. The lowest BCUT2D eigenvalue weighted by Crippen LogP contribution is -2.49. The van der Waals surface area contributed by atoms with Crippen molar-refractivity contribution in [1.82, 2.24) is 4.90 Å². The number of hydrogen-bond donors (Lipinski definition) is 1. The van der Waals surface area contributed by atoms with Gasteiger partial charge in [-0.2, -0.15) is 4.90 Å². The second-order valence-electron chi connectivity index (χ2n) is 10.9. The monoisotopic (exact) mass is 483 g/mol. The first-order valence-corrected chi connectivity index (χ1v) is 11.5. The van der Waals surface area contributed by atoms with E-state index in [4.69, 9.17) is 15.2 Å². The number of aliphatic imine (C=N–C) groups is 1. The number of imide groups is 1. The summed E-state index contributed by atoms with van der Waals surface area (Å²) in [4.78, 5) is 31.5. The van der Waals surface area contributed by atoms with E-state index >= 15 is 0 Å². The first-order chi connectivity index (χ1) is 14.9. The molecule has 1 aliphatic heterocycles. The third kappa shape index (κ3) is 4.81. The molecule has 33 heavy (non-hydrogen) atoms. The summed E-state index contributed by atoms with van der Waals surface area (Å²) >= 11 is 1.21. The van der Waals surface area contributed by atoms with Crippen LogP contribution in [0.25, 0.3) is 0 Å².